The first-order valence-corrected chi connectivity index (χ1v) is 6.29. The van der Waals surface area contributed by atoms with Crippen LogP contribution >= 0.6 is 0 Å². The van der Waals surface area contributed by atoms with Gasteiger partial charge in [0.25, 0.3) is 0 Å². The average Bonchev–Trinajstić information content (AvgIpc) is 2.06. The van der Waals surface area contributed by atoms with Gasteiger partial charge in [-0.05, 0) is 19.8 Å². The van der Waals surface area contributed by atoms with Crippen molar-refractivity contribution in [3.63, 3.8) is 0 Å². The van der Waals surface area contributed by atoms with Crippen LogP contribution in [0.5, 0.6) is 0 Å². The molecule has 0 aliphatic heterocycles. The lowest BCUT2D eigenvalue weighted by molar-refractivity contribution is 0.412. The molecule has 1 rings (SSSR count). The summed E-state index contributed by atoms with van der Waals surface area (Å²) >= 11 is 0. The molecule has 72 valence electrons. The summed E-state index contributed by atoms with van der Waals surface area (Å²) in [5, 5.41) is 0. The van der Waals surface area contributed by atoms with E-state index in [0.717, 1.165) is 25.7 Å². The van der Waals surface area contributed by atoms with Gasteiger partial charge in [0.2, 0.25) is 10.0 Å². The summed E-state index contributed by atoms with van der Waals surface area (Å²) in [6.45, 7) is 1.67. The van der Waals surface area contributed by atoms with Gasteiger partial charge < -0.3 is 0 Å². The molecule has 1 aliphatic carbocycles. The maximum Gasteiger partial charge on any atom is 0.211 e. The molecule has 0 radical (unpaired) electrons. The maximum atomic E-state index is 11.2. The molecule has 0 bridgehead atoms. The van der Waals surface area contributed by atoms with Crippen LogP contribution in [0.2, 0.25) is 0 Å². The van der Waals surface area contributed by atoms with E-state index in [0.29, 0.717) is 0 Å². The first-order valence-electron chi connectivity index (χ1n) is 4.64. The Hall–Kier alpha value is -0.0900. The molecule has 0 amide bonds. The van der Waals surface area contributed by atoms with Gasteiger partial charge in [-0.3, -0.25) is 0 Å². The molecule has 1 fully saturated rings. The molecule has 1 saturated carbocycles. The van der Waals surface area contributed by atoms with E-state index in [1.54, 1.807) is 6.92 Å². The molecule has 4 heteroatoms. The Bertz CT molecular complexity index is 217. The van der Waals surface area contributed by atoms with Gasteiger partial charge in [-0.15, -0.1) is 0 Å². The predicted octanol–water partition coefficient (Wildman–Crippen LogP) is 1.26. The van der Waals surface area contributed by atoms with E-state index in [1.807, 2.05) is 0 Å². The van der Waals surface area contributed by atoms with Crippen molar-refractivity contribution >= 4 is 10.0 Å². The summed E-state index contributed by atoms with van der Waals surface area (Å²) in [4.78, 5) is 0. The second kappa shape index (κ2) is 4.23. The van der Waals surface area contributed by atoms with E-state index < -0.39 is 10.0 Å². The van der Waals surface area contributed by atoms with E-state index in [-0.39, 0.29) is 11.8 Å². The van der Waals surface area contributed by atoms with Crippen LogP contribution in [0.15, 0.2) is 0 Å². The first kappa shape index (κ1) is 9.99. The third kappa shape index (κ3) is 3.11. The van der Waals surface area contributed by atoms with Gasteiger partial charge in [-0.2, -0.15) is 0 Å². The van der Waals surface area contributed by atoms with Crippen LogP contribution in [0, 0.1) is 0 Å². The number of sulfonamides is 1. The van der Waals surface area contributed by atoms with E-state index in [9.17, 15) is 8.42 Å². The average molecular weight is 191 g/mol. The molecule has 0 spiro atoms. The third-order valence-electron chi connectivity index (χ3n) is 2.33. The van der Waals surface area contributed by atoms with Crippen LogP contribution < -0.4 is 4.72 Å². The Labute approximate surface area is 74.6 Å². The number of hydrogen-bond acceptors (Lipinski definition) is 2. The minimum absolute atomic E-state index is 0.198. The van der Waals surface area contributed by atoms with Crippen LogP contribution in [-0.4, -0.2) is 20.2 Å². The van der Waals surface area contributed by atoms with E-state index in [2.05, 4.69) is 4.72 Å². The SMILES string of the molecule is CCS(=O)(=O)NC1CCCCC1. The monoisotopic (exact) mass is 191 g/mol. The molecule has 1 aliphatic rings. The van der Waals surface area contributed by atoms with Crippen LogP contribution in [-0.2, 0) is 10.0 Å². The molecule has 1 N–H and O–H groups in total. The maximum absolute atomic E-state index is 11.2. The topological polar surface area (TPSA) is 46.2 Å². The number of nitrogens with one attached hydrogen (secondary N) is 1. The van der Waals surface area contributed by atoms with Crippen LogP contribution in [0.25, 0.3) is 0 Å². The third-order valence-corrected chi connectivity index (χ3v) is 3.78. The lowest BCUT2D eigenvalue weighted by atomic mass is 9.96. The zero-order chi connectivity index (χ0) is 9.03. The molecule has 0 aromatic carbocycles. The molecule has 0 heterocycles. The van der Waals surface area contributed by atoms with Crippen LogP contribution in [0.3, 0.4) is 0 Å². The normalized spacial score (nSPS) is 21.1. The Kier molecular flexibility index (Phi) is 3.53. The standard InChI is InChI=1S/C8H17NO2S/c1-2-12(10,11)9-8-6-4-3-5-7-8/h8-9H,2-7H2,1H3. The van der Waals surface area contributed by atoms with Gasteiger partial charge in [0.1, 0.15) is 0 Å². The minimum Gasteiger partial charge on any atom is -0.212 e. The highest BCUT2D eigenvalue weighted by atomic mass is 32.2. The van der Waals surface area contributed by atoms with E-state index in [4.69, 9.17) is 0 Å². The quantitative estimate of drug-likeness (QED) is 0.730. The minimum atomic E-state index is -2.97. The highest BCUT2D eigenvalue weighted by Gasteiger charge is 2.18. The molecule has 0 atom stereocenters. The second-order valence-electron chi connectivity index (χ2n) is 3.36. The van der Waals surface area contributed by atoms with Gasteiger partial charge in [0, 0.05) is 6.04 Å². The highest BCUT2D eigenvalue weighted by molar-refractivity contribution is 7.89. The molecule has 0 aromatic heterocycles. The number of rotatable bonds is 3. The Balaban J connectivity index is 2.39. The van der Waals surface area contributed by atoms with Crippen molar-refractivity contribution < 1.29 is 8.42 Å². The molecule has 0 saturated heterocycles. The van der Waals surface area contributed by atoms with Crippen LogP contribution in [0.4, 0.5) is 0 Å². The Morgan fingerprint density at radius 1 is 1.25 bits per heavy atom. The van der Waals surface area contributed by atoms with E-state index >= 15 is 0 Å². The molecular weight excluding hydrogens is 174 g/mol. The van der Waals surface area contributed by atoms with Crippen molar-refractivity contribution in [3.05, 3.63) is 0 Å². The first-order chi connectivity index (χ1) is 5.64. The molecule has 0 aromatic rings. The van der Waals surface area contributed by atoms with Gasteiger partial charge in [0.05, 0.1) is 5.75 Å². The van der Waals surface area contributed by atoms with E-state index in [1.165, 1.54) is 6.42 Å². The number of hydrogen-bond donors (Lipinski definition) is 1. The van der Waals surface area contributed by atoms with Gasteiger partial charge in [0.15, 0.2) is 0 Å². The largest absolute Gasteiger partial charge is 0.212 e. The fraction of sp³-hybridized carbons (Fsp3) is 1.00. The summed E-state index contributed by atoms with van der Waals surface area (Å²) in [5.74, 6) is 0.198. The van der Waals surface area contributed by atoms with Gasteiger partial charge in [-0.25, -0.2) is 13.1 Å². The van der Waals surface area contributed by atoms with Gasteiger partial charge in [-0.1, -0.05) is 19.3 Å². The van der Waals surface area contributed by atoms with Crippen molar-refractivity contribution in [2.75, 3.05) is 5.75 Å². The lowest BCUT2D eigenvalue weighted by Crippen LogP contribution is -2.36. The fourth-order valence-electron chi connectivity index (χ4n) is 1.56. The molecular formula is C8H17NO2S. The van der Waals surface area contributed by atoms with Crippen molar-refractivity contribution in [1.82, 2.24) is 4.72 Å². The molecule has 12 heavy (non-hydrogen) atoms. The summed E-state index contributed by atoms with van der Waals surface area (Å²) in [6, 6.07) is 0.212. The summed E-state index contributed by atoms with van der Waals surface area (Å²) in [7, 11) is -2.97. The zero-order valence-electron chi connectivity index (χ0n) is 7.54. The lowest BCUT2D eigenvalue weighted by Gasteiger charge is -2.22. The summed E-state index contributed by atoms with van der Waals surface area (Å²) in [5.41, 5.74) is 0. The van der Waals surface area contributed by atoms with Crippen molar-refractivity contribution in [2.45, 2.75) is 45.1 Å². The second-order valence-corrected chi connectivity index (χ2v) is 5.40. The molecule has 3 nitrogen and oxygen atoms in total. The summed E-state index contributed by atoms with van der Waals surface area (Å²) in [6.07, 6.45) is 5.61. The van der Waals surface area contributed by atoms with Gasteiger partial charge >= 0.3 is 0 Å². The summed E-state index contributed by atoms with van der Waals surface area (Å²) < 4.78 is 25.0. The predicted molar refractivity (Wildman–Crippen MR) is 49.5 cm³/mol. The fourth-order valence-corrected chi connectivity index (χ4v) is 2.47. The van der Waals surface area contributed by atoms with Crippen molar-refractivity contribution in [1.29, 1.82) is 0 Å². The highest BCUT2D eigenvalue weighted by Crippen LogP contribution is 2.17. The zero-order valence-corrected chi connectivity index (χ0v) is 8.36. The Morgan fingerprint density at radius 2 is 1.83 bits per heavy atom. The Morgan fingerprint density at radius 3 is 2.33 bits per heavy atom. The molecule has 0 unspecified atom stereocenters. The smallest absolute Gasteiger partial charge is 0.211 e. The van der Waals surface area contributed by atoms with Crippen molar-refractivity contribution in [2.24, 2.45) is 0 Å². The van der Waals surface area contributed by atoms with Crippen molar-refractivity contribution in [3.8, 4) is 0 Å². The van der Waals surface area contributed by atoms with Crippen LogP contribution in [0.1, 0.15) is 39.0 Å².